The van der Waals surface area contributed by atoms with Crippen molar-refractivity contribution < 1.29 is 22.8 Å². The van der Waals surface area contributed by atoms with Crippen molar-refractivity contribution in [2.75, 3.05) is 10.6 Å². The van der Waals surface area contributed by atoms with Gasteiger partial charge < -0.3 is 10.6 Å². The van der Waals surface area contributed by atoms with Gasteiger partial charge >= 0.3 is 0 Å². The van der Waals surface area contributed by atoms with Gasteiger partial charge in [0, 0.05) is 23.9 Å². The molecule has 1 aliphatic rings. The number of fused-ring (bicyclic) bond motifs is 1. The first kappa shape index (κ1) is 15.1. The van der Waals surface area contributed by atoms with Crippen LogP contribution in [0.5, 0.6) is 0 Å². The minimum atomic E-state index is -0.870. The van der Waals surface area contributed by atoms with Crippen LogP contribution in [0.25, 0.3) is 0 Å². The molecule has 23 heavy (non-hydrogen) atoms. The summed E-state index contributed by atoms with van der Waals surface area (Å²) in [6.45, 7) is 0. The van der Waals surface area contributed by atoms with Crippen LogP contribution in [0.3, 0.4) is 0 Å². The van der Waals surface area contributed by atoms with E-state index in [1.165, 1.54) is 12.1 Å². The molecular weight excluding hydrogens is 309 g/mol. The number of halogens is 3. The summed E-state index contributed by atoms with van der Waals surface area (Å²) >= 11 is 0. The predicted molar refractivity (Wildman–Crippen MR) is 77.4 cm³/mol. The Hall–Kier alpha value is -2.83. The maximum absolute atomic E-state index is 13.3. The second kappa shape index (κ2) is 5.75. The molecule has 1 atom stereocenters. The minimum Gasteiger partial charge on any atom is -0.326 e. The van der Waals surface area contributed by atoms with E-state index in [-0.39, 0.29) is 17.8 Å². The number of nitrogens with one attached hydrogen (secondary N) is 2. The van der Waals surface area contributed by atoms with E-state index in [0.29, 0.717) is 11.6 Å². The van der Waals surface area contributed by atoms with Crippen molar-refractivity contribution in [2.24, 2.45) is 0 Å². The molecule has 0 unspecified atom stereocenters. The number of carbonyl (C=O) groups is 2. The molecule has 2 aromatic rings. The normalized spacial score (nSPS) is 16.5. The first-order valence-electron chi connectivity index (χ1n) is 6.78. The Kier molecular flexibility index (Phi) is 3.77. The van der Waals surface area contributed by atoms with Crippen LogP contribution in [0.4, 0.5) is 24.5 Å². The van der Waals surface area contributed by atoms with Gasteiger partial charge in [0.1, 0.15) is 17.5 Å². The van der Waals surface area contributed by atoms with Gasteiger partial charge in [0.25, 0.3) is 0 Å². The second-order valence-corrected chi connectivity index (χ2v) is 5.18. The summed E-state index contributed by atoms with van der Waals surface area (Å²) in [5.41, 5.74) is 0.606. The van der Waals surface area contributed by atoms with E-state index in [0.717, 1.165) is 18.2 Å². The summed E-state index contributed by atoms with van der Waals surface area (Å²) in [4.78, 5) is 24.0. The Morgan fingerprint density at radius 3 is 2.43 bits per heavy atom. The van der Waals surface area contributed by atoms with E-state index in [4.69, 9.17) is 0 Å². The van der Waals surface area contributed by atoms with Gasteiger partial charge in [0.15, 0.2) is 0 Å². The number of anilines is 2. The third-order valence-electron chi connectivity index (χ3n) is 3.50. The molecule has 4 nitrogen and oxygen atoms in total. The average Bonchev–Trinajstić information content (AvgIpc) is 2.44. The van der Waals surface area contributed by atoms with Crippen LogP contribution in [-0.4, -0.2) is 11.8 Å². The maximum atomic E-state index is 13.3. The molecule has 0 bridgehead atoms. The van der Waals surface area contributed by atoms with Crippen LogP contribution < -0.4 is 10.6 Å². The number of hydrogen-bond donors (Lipinski definition) is 2. The van der Waals surface area contributed by atoms with Gasteiger partial charge in [-0.05, 0) is 29.8 Å². The fourth-order valence-corrected chi connectivity index (χ4v) is 2.53. The average molecular weight is 320 g/mol. The van der Waals surface area contributed by atoms with Gasteiger partial charge in [0.2, 0.25) is 11.8 Å². The lowest BCUT2D eigenvalue weighted by molar-refractivity contribution is -0.123. The summed E-state index contributed by atoms with van der Waals surface area (Å²) in [5, 5.41) is 4.87. The summed E-state index contributed by atoms with van der Waals surface area (Å²) in [6, 6.07) is 6.32. The highest BCUT2D eigenvalue weighted by atomic mass is 19.1. The van der Waals surface area contributed by atoms with Crippen LogP contribution in [0.15, 0.2) is 36.4 Å². The number of rotatable bonds is 2. The Labute approximate surface area is 129 Å². The highest BCUT2D eigenvalue weighted by Gasteiger charge is 2.31. The zero-order valence-electron chi connectivity index (χ0n) is 11.7. The van der Waals surface area contributed by atoms with Gasteiger partial charge in [-0.2, -0.15) is 0 Å². The standard InChI is InChI=1S/C16H11F3N2O2/c17-8-1-2-12-13(7-15(22)21-14(12)6-8)16(23)20-11-4-9(18)3-10(19)5-11/h1-6,13H,7H2,(H,20,23)(H,21,22)/t13-/m0/s1. The first-order valence-corrected chi connectivity index (χ1v) is 6.78. The van der Waals surface area contributed by atoms with Gasteiger partial charge in [-0.25, -0.2) is 13.2 Å². The van der Waals surface area contributed by atoms with E-state index in [2.05, 4.69) is 10.6 Å². The molecule has 0 saturated heterocycles. The van der Waals surface area contributed by atoms with Crippen molar-refractivity contribution in [3.05, 3.63) is 59.4 Å². The van der Waals surface area contributed by atoms with E-state index in [1.807, 2.05) is 0 Å². The quantitative estimate of drug-likeness (QED) is 0.893. The second-order valence-electron chi connectivity index (χ2n) is 5.18. The van der Waals surface area contributed by atoms with Crippen LogP contribution in [0.1, 0.15) is 17.9 Å². The molecule has 0 aliphatic carbocycles. The van der Waals surface area contributed by atoms with Crippen LogP contribution in [0.2, 0.25) is 0 Å². The smallest absolute Gasteiger partial charge is 0.232 e. The Bertz CT molecular complexity index is 788. The SMILES string of the molecule is O=C1C[C@H](C(=O)Nc2cc(F)cc(F)c2)c2ccc(F)cc2N1. The Balaban J connectivity index is 1.89. The molecule has 0 saturated carbocycles. The van der Waals surface area contributed by atoms with E-state index in [9.17, 15) is 22.8 Å². The summed E-state index contributed by atoms with van der Waals surface area (Å²) in [6.07, 6.45) is -0.137. The molecule has 3 rings (SSSR count). The number of benzene rings is 2. The third-order valence-corrected chi connectivity index (χ3v) is 3.50. The van der Waals surface area contributed by atoms with Crippen molar-refractivity contribution in [1.82, 2.24) is 0 Å². The van der Waals surface area contributed by atoms with Gasteiger partial charge in [-0.1, -0.05) is 6.07 Å². The fourth-order valence-electron chi connectivity index (χ4n) is 2.53. The first-order chi connectivity index (χ1) is 10.9. The van der Waals surface area contributed by atoms with Crippen molar-refractivity contribution in [3.63, 3.8) is 0 Å². The lowest BCUT2D eigenvalue weighted by atomic mass is 9.89. The molecule has 2 N–H and O–H groups in total. The Morgan fingerprint density at radius 1 is 1.04 bits per heavy atom. The van der Waals surface area contributed by atoms with E-state index in [1.54, 1.807) is 0 Å². The van der Waals surface area contributed by atoms with Gasteiger partial charge in [-0.15, -0.1) is 0 Å². The number of hydrogen-bond acceptors (Lipinski definition) is 2. The van der Waals surface area contributed by atoms with Gasteiger partial charge in [-0.3, -0.25) is 9.59 Å². The largest absolute Gasteiger partial charge is 0.326 e. The molecule has 2 amide bonds. The van der Waals surface area contributed by atoms with Crippen LogP contribution in [-0.2, 0) is 9.59 Å². The minimum absolute atomic E-state index is 0.0536. The van der Waals surface area contributed by atoms with E-state index >= 15 is 0 Å². The topological polar surface area (TPSA) is 58.2 Å². The summed E-state index contributed by atoms with van der Waals surface area (Å²) in [7, 11) is 0. The zero-order chi connectivity index (χ0) is 16.6. The van der Waals surface area contributed by atoms with Gasteiger partial charge in [0.05, 0.1) is 5.92 Å². The van der Waals surface area contributed by atoms with E-state index < -0.39 is 35.2 Å². The Morgan fingerprint density at radius 2 is 1.74 bits per heavy atom. The van der Waals surface area contributed by atoms with Crippen molar-refractivity contribution in [2.45, 2.75) is 12.3 Å². The molecule has 0 aromatic heterocycles. The van der Waals surface area contributed by atoms with Crippen molar-refractivity contribution in [1.29, 1.82) is 0 Å². The van der Waals surface area contributed by atoms with Crippen LogP contribution >= 0.6 is 0 Å². The highest BCUT2D eigenvalue weighted by Crippen LogP contribution is 2.33. The van der Waals surface area contributed by atoms with Crippen molar-refractivity contribution >= 4 is 23.2 Å². The molecule has 1 aliphatic heterocycles. The molecule has 118 valence electrons. The maximum Gasteiger partial charge on any atom is 0.232 e. The monoisotopic (exact) mass is 320 g/mol. The third kappa shape index (κ3) is 3.18. The molecule has 0 spiro atoms. The molecule has 0 radical (unpaired) electrons. The number of amides is 2. The molecule has 0 fully saturated rings. The lowest BCUT2D eigenvalue weighted by Gasteiger charge is -2.24. The zero-order valence-corrected chi connectivity index (χ0v) is 11.7. The fraction of sp³-hybridized carbons (Fsp3) is 0.125. The number of carbonyl (C=O) groups excluding carboxylic acids is 2. The molecular formula is C16H11F3N2O2. The lowest BCUT2D eigenvalue weighted by Crippen LogP contribution is -2.30. The molecule has 1 heterocycles. The highest BCUT2D eigenvalue weighted by molar-refractivity contribution is 6.05. The summed E-state index contributed by atoms with van der Waals surface area (Å²) in [5.74, 6) is -4.11. The van der Waals surface area contributed by atoms with Crippen molar-refractivity contribution in [3.8, 4) is 0 Å². The molecule has 2 aromatic carbocycles. The summed E-state index contributed by atoms with van der Waals surface area (Å²) < 4.78 is 39.6. The van der Waals surface area contributed by atoms with Crippen LogP contribution in [0, 0.1) is 17.5 Å². The predicted octanol–water partition coefficient (Wildman–Crippen LogP) is 3.17. The molecule has 7 heteroatoms.